The lowest BCUT2D eigenvalue weighted by atomic mass is 9.90. The number of aliphatic carboxylic acids is 1. The second kappa shape index (κ2) is 6.40. The van der Waals surface area contributed by atoms with Crippen LogP contribution in [0.15, 0.2) is 12.7 Å². The Hall–Kier alpha value is -1.34. The first-order valence-electron chi connectivity index (χ1n) is 6.71. The van der Waals surface area contributed by atoms with Crippen molar-refractivity contribution in [2.24, 2.45) is 0 Å². The molecule has 1 heterocycles. The van der Waals surface area contributed by atoms with E-state index in [0.717, 1.165) is 6.04 Å². The Kier molecular flexibility index (Phi) is 5.35. The molecule has 0 aromatic heterocycles. The maximum atomic E-state index is 11.8. The van der Waals surface area contributed by atoms with Crippen LogP contribution >= 0.6 is 0 Å². The van der Waals surface area contributed by atoms with Gasteiger partial charge in [-0.1, -0.05) is 25.7 Å². The van der Waals surface area contributed by atoms with Crippen molar-refractivity contribution < 1.29 is 19.4 Å². The minimum atomic E-state index is -1.23. The van der Waals surface area contributed by atoms with E-state index in [2.05, 4.69) is 31.5 Å². The number of nitrogens with one attached hydrogen (secondary N) is 1. The summed E-state index contributed by atoms with van der Waals surface area (Å²) in [5.74, 6) is -0.953. The van der Waals surface area contributed by atoms with E-state index in [1.165, 1.54) is 4.90 Å². The minimum Gasteiger partial charge on any atom is -0.480 e. The summed E-state index contributed by atoms with van der Waals surface area (Å²) >= 11 is 0. The van der Waals surface area contributed by atoms with Gasteiger partial charge in [-0.05, 0) is 6.04 Å². The van der Waals surface area contributed by atoms with E-state index >= 15 is 0 Å². The molecule has 0 spiro atoms. The topological polar surface area (TPSA) is 78.9 Å². The summed E-state index contributed by atoms with van der Waals surface area (Å²) in [6.07, 6.45) is 1.17. The molecule has 6 nitrogen and oxygen atoms in total. The number of hydrogen-bond donors (Lipinski definition) is 2. The molecule has 0 saturated carbocycles. The summed E-state index contributed by atoms with van der Waals surface area (Å²) in [6.45, 7) is 11.2. The summed E-state index contributed by atoms with van der Waals surface area (Å²) in [6, 6.07) is 0.908. The molecular formula is C13H24N2O4Si. The van der Waals surface area contributed by atoms with Crippen LogP contribution in [0.4, 0.5) is 4.79 Å². The van der Waals surface area contributed by atoms with Gasteiger partial charge in [-0.15, -0.1) is 6.58 Å². The number of nitrogens with zero attached hydrogens (tertiary/aromatic N) is 1. The lowest BCUT2D eigenvalue weighted by molar-refractivity contribution is -0.151. The molecule has 1 aliphatic rings. The van der Waals surface area contributed by atoms with E-state index in [1.807, 2.05) is 0 Å². The zero-order chi connectivity index (χ0) is 15.4. The molecule has 0 atom stereocenters. The Bertz CT molecular complexity index is 386. The first-order chi connectivity index (χ1) is 9.20. The van der Waals surface area contributed by atoms with E-state index in [0.29, 0.717) is 13.2 Å². The van der Waals surface area contributed by atoms with E-state index in [-0.39, 0.29) is 13.1 Å². The van der Waals surface area contributed by atoms with E-state index in [4.69, 9.17) is 4.74 Å². The van der Waals surface area contributed by atoms with Crippen molar-refractivity contribution in [2.45, 2.75) is 31.2 Å². The van der Waals surface area contributed by atoms with Crippen LogP contribution in [0.5, 0.6) is 0 Å². The SMILES string of the molecule is C=CCNC1(C(=O)O)CN(C(=O)OCC[Si](C)(C)C)C1. The summed E-state index contributed by atoms with van der Waals surface area (Å²) in [5, 5.41) is 12.1. The number of carbonyl (C=O) groups excluding carboxylic acids is 1. The van der Waals surface area contributed by atoms with Gasteiger partial charge >= 0.3 is 12.1 Å². The van der Waals surface area contributed by atoms with Crippen LogP contribution in [0.25, 0.3) is 0 Å². The molecule has 0 radical (unpaired) electrons. The molecule has 1 saturated heterocycles. The summed E-state index contributed by atoms with van der Waals surface area (Å²) in [5.41, 5.74) is -1.06. The van der Waals surface area contributed by atoms with Crippen molar-refractivity contribution in [3.63, 3.8) is 0 Å². The van der Waals surface area contributed by atoms with Crippen molar-refractivity contribution >= 4 is 20.1 Å². The lowest BCUT2D eigenvalue weighted by Crippen LogP contribution is -2.74. The molecule has 1 aliphatic heterocycles. The molecule has 1 rings (SSSR count). The van der Waals surface area contributed by atoms with E-state index in [9.17, 15) is 14.7 Å². The molecule has 7 heteroatoms. The summed E-state index contributed by atoms with van der Waals surface area (Å²) in [7, 11) is -1.23. The van der Waals surface area contributed by atoms with Crippen LogP contribution in [0.2, 0.25) is 25.7 Å². The van der Waals surface area contributed by atoms with Gasteiger partial charge < -0.3 is 14.7 Å². The highest BCUT2D eigenvalue weighted by Crippen LogP contribution is 2.22. The first kappa shape index (κ1) is 16.7. The van der Waals surface area contributed by atoms with Gasteiger partial charge in [0.25, 0.3) is 0 Å². The fraction of sp³-hybridized carbons (Fsp3) is 0.692. The quantitative estimate of drug-likeness (QED) is 0.548. The Morgan fingerprint density at radius 1 is 1.45 bits per heavy atom. The van der Waals surface area contributed by atoms with E-state index in [1.54, 1.807) is 6.08 Å². The molecule has 2 N–H and O–H groups in total. The summed E-state index contributed by atoms with van der Waals surface area (Å²) < 4.78 is 5.18. The number of rotatable bonds is 7. The Morgan fingerprint density at radius 2 is 2.05 bits per heavy atom. The molecular weight excluding hydrogens is 276 g/mol. The molecule has 20 heavy (non-hydrogen) atoms. The third kappa shape index (κ3) is 4.34. The minimum absolute atomic E-state index is 0.127. The van der Waals surface area contributed by atoms with Crippen molar-refractivity contribution in [3.8, 4) is 0 Å². The van der Waals surface area contributed by atoms with Gasteiger partial charge in [0, 0.05) is 14.6 Å². The zero-order valence-electron chi connectivity index (χ0n) is 12.4. The van der Waals surface area contributed by atoms with Crippen LogP contribution in [0.3, 0.4) is 0 Å². The maximum absolute atomic E-state index is 11.8. The number of amides is 1. The Morgan fingerprint density at radius 3 is 2.50 bits per heavy atom. The molecule has 114 valence electrons. The Labute approximate surface area is 120 Å². The molecule has 0 aromatic rings. The van der Waals surface area contributed by atoms with Crippen LogP contribution in [-0.4, -0.2) is 61.9 Å². The molecule has 0 aromatic carbocycles. The number of ether oxygens (including phenoxy) is 1. The second-order valence-electron chi connectivity index (χ2n) is 6.34. The van der Waals surface area contributed by atoms with Gasteiger partial charge in [-0.2, -0.15) is 0 Å². The van der Waals surface area contributed by atoms with Gasteiger partial charge in [0.05, 0.1) is 19.7 Å². The van der Waals surface area contributed by atoms with Crippen LogP contribution < -0.4 is 5.32 Å². The number of carboxylic acid groups (broad SMARTS) is 1. The number of carbonyl (C=O) groups is 2. The average molecular weight is 300 g/mol. The second-order valence-corrected chi connectivity index (χ2v) is 12.0. The molecule has 0 aliphatic carbocycles. The lowest BCUT2D eigenvalue weighted by Gasteiger charge is -2.46. The fourth-order valence-electron chi connectivity index (χ4n) is 1.86. The van der Waals surface area contributed by atoms with Crippen LogP contribution in [-0.2, 0) is 9.53 Å². The maximum Gasteiger partial charge on any atom is 0.409 e. The average Bonchev–Trinajstić information content (AvgIpc) is 2.25. The monoisotopic (exact) mass is 300 g/mol. The van der Waals surface area contributed by atoms with Crippen molar-refractivity contribution in [3.05, 3.63) is 12.7 Å². The third-order valence-corrected chi connectivity index (χ3v) is 4.96. The van der Waals surface area contributed by atoms with Crippen molar-refractivity contribution in [1.29, 1.82) is 0 Å². The molecule has 1 fully saturated rings. The first-order valence-corrected chi connectivity index (χ1v) is 10.4. The van der Waals surface area contributed by atoms with Crippen LogP contribution in [0.1, 0.15) is 0 Å². The van der Waals surface area contributed by atoms with Gasteiger partial charge in [0.2, 0.25) is 0 Å². The summed E-state index contributed by atoms with van der Waals surface area (Å²) in [4.78, 5) is 24.4. The molecule has 1 amide bonds. The number of carboxylic acids is 1. The standard InChI is InChI=1S/C13H24N2O4Si/c1-5-6-14-13(11(16)17)9-15(10-13)12(18)19-7-8-20(2,3)4/h5,14H,1,6-10H2,2-4H3,(H,16,17). The highest BCUT2D eigenvalue weighted by atomic mass is 28.3. The van der Waals surface area contributed by atoms with E-state index < -0.39 is 25.7 Å². The number of hydrogen-bond acceptors (Lipinski definition) is 4. The van der Waals surface area contributed by atoms with Crippen molar-refractivity contribution in [2.75, 3.05) is 26.2 Å². The van der Waals surface area contributed by atoms with Crippen molar-refractivity contribution in [1.82, 2.24) is 10.2 Å². The Balaban J connectivity index is 2.39. The fourth-order valence-corrected chi connectivity index (χ4v) is 2.57. The highest BCUT2D eigenvalue weighted by molar-refractivity contribution is 6.76. The predicted octanol–water partition coefficient (Wildman–Crippen LogP) is 1.38. The highest BCUT2D eigenvalue weighted by Gasteiger charge is 2.51. The normalized spacial score (nSPS) is 17.2. The van der Waals surface area contributed by atoms with Gasteiger partial charge in [0.1, 0.15) is 0 Å². The largest absolute Gasteiger partial charge is 0.480 e. The van der Waals surface area contributed by atoms with Gasteiger partial charge in [0.15, 0.2) is 5.54 Å². The van der Waals surface area contributed by atoms with Gasteiger partial charge in [-0.25, -0.2) is 4.79 Å². The van der Waals surface area contributed by atoms with Gasteiger partial charge in [-0.3, -0.25) is 10.1 Å². The molecule has 0 bridgehead atoms. The number of likely N-dealkylation sites (tertiary alicyclic amines) is 1. The van der Waals surface area contributed by atoms with Crippen LogP contribution in [0, 0.1) is 0 Å². The third-order valence-electron chi connectivity index (χ3n) is 3.25. The predicted molar refractivity (Wildman–Crippen MR) is 79.6 cm³/mol. The molecule has 0 unspecified atom stereocenters. The zero-order valence-corrected chi connectivity index (χ0v) is 13.4. The smallest absolute Gasteiger partial charge is 0.409 e.